The quantitative estimate of drug-likeness (QED) is 0.308. The number of nitrogens with one attached hydrogen (secondary N) is 2. The first-order valence-electron chi connectivity index (χ1n) is 11.2. The summed E-state index contributed by atoms with van der Waals surface area (Å²) in [6.07, 6.45) is 0. The van der Waals surface area contributed by atoms with Gasteiger partial charge in [0, 0.05) is 28.1 Å². The summed E-state index contributed by atoms with van der Waals surface area (Å²) in [5.41, 5.74) is 6.45. The maximum Gasteiger partial charge on any atom is 0.255 e. The molecule has 6 heteroatoms. The molecular weight excluding hydrogens is 438 g/mol. The van der Waals surface area contributed by atoms with Crippen LogP contribution < -0.4 is 10.6 Å². The normalized spacial score (nSPS) is 10.8. The third-order valence-electron chi connectivity index (χ3n) is 5.81. The van der Waals surface area contributed by atoms with Crippen LogP contribution in [0.15, 0.2) is 95.4 Å². The van der Waals surface area contributed by atoms with Gasteiger partial charge in [-0.15, -0.1) is 0 Å². The van der Waals surface area contributed by atoms with Crippen molar-refractivity contribution in [1.82, 2.24) is 4.98 Å². The molecule has 0 saturated carbocycles. The van der Waals surface area contributed by atoms with Crippen LogP contribution in [0.4, 0.5) is 11.4 Å². The fraction of sp³-hybridized carbons (Fsp3) is 0.0690. The smallest absolute Gasteiger partial charge is 0.255 e. The van der Waals surface area contributed by atoms with Gasteiger partial charge in [0.25, 0.3) is 11.8 Å². The molecule has 5 aromatic rings. The molecule has 1 heterocycles. The van der Waals surface area contributed by atoms with E-state index in [1.807, 2.05) is 74.5 Å². The molecule has 0 aliphatic carbocycles. The van der Waals surface area contributed by atoms with Crippen molar-refractivity contribution in [3.05, 3.63) is 113 Å². The van der Waals surface area contributed by atoms with Gasteiger partial charge in [0.15, 0.2) is 5.58 Å². The lowest BCUT2D eigenvalue weighted by Crippen LogP contribution is -2.13. The van der Waals surface area contributed by atoms with E-state index in [0.29, 0.717) is 39.5 Å². The molecule has 0 spiro atoms. The summed E-state index contributed by atoms with van der Waals surface area (Å²) in [5.74, 6) is 0.131. The van der Waals surface area contributed by atoms with E-state index in [9.17, 15) is 9.59 Å². The molecule has 2 amide bonds. The van der Waals surface area contributed by atoms with Crippen molar-refractivity contribution in [3.63, 3.8) is 0 Å². The first-order valence-corrected chi connectivity index (χ1v) is 11.2. The zero-order chi connectivity index (χ0) is 24.4. The minimum Gasteiger partial charge on any atom is -0.436 e. The van der Waals surface area contributed by atoms with Gasteiger partial charge in [-0.1, -0.05) is 36.4 Å². The van der Waals surface area contributed by atoms with Crippen LogP contribution in [0.5, 0.6) is 0 Å². The molecule has 6 nitrogen and oxygen atoms in total. The third-order valence-corrected chi connectivity index (χ3v) is 5.81. The van der Waals surface area contributed by atoms with Gasteiger partial charge in [-0.2, -0.15) is 0 Å². The maximum atomic E-state index is 12.6. The first kappa shape index (κ1) is 22.1. The van der Waals surface area contributed by atoms with Crippen molar-refractivity contribution in [1.29, 1.82) is 0 Å². The lowest BCUT2D eigenvalue weighted by Gasteiger charge is -2.07. The second-order valence-electron chi connectivity index (χ2n) is 8.32. The largest absolute Gasteiger partial charge is 0.436 e. The zero-order valence-corrected chi connectivity index (χ0v) is 19.3. The van der Waals surface area contributed by atoms with Crippen molar-refractivity contribution >= 4 is 34.3 Å². The van der Waals surface area contributed by atoms with Crippen LogP contribution in [0, 0.1) is 13.8 Å². The Labute approximate surface area is 202 Å². The van der Waals surface area contributed by atoms with Crippen LogP contribution in [0.1, 0.15) is 31.8 Å². The summed E-state index contributed by atoms with van der Waals surface area (Å²) >= 11 is 0. The second-order valence-corrected chi connectivity index (χ2v) is 8.32. The van der Waals surface area contributed by atoms with Crippen molar-refractivity contribution in [2.24, 2.45) is 0 Å². The highest BCUT2D eigenvalue weighted by molar-refractivity contribution is 6.06. The van der Waals surface area contributed by atoms with Crippen molar-refractivity contribution in [3.8, 4) is 11.5 Å². The van der Waals surface area contributed by atoms with Crippen molar-refractivity contribution < 1.29 is 14.0 Å². The van der Waals surface area contributed by atoms with Gasteiger partial charge in [0.1, 0.15) is 5.52 Å². The number of hydrogen-bond donors (Lipinski definition) is 2. The fourth-order valence-corrected chi connectivity index (χ4v) is 3.88. The zero-order valence-electron chi connectivity index (χ0n) is 19.3. The number of amides is 2. The van der Waals surface area contributed by atoms with Gasteiger partial charge in [-0.05, 0) is 79.6 Å². The third kappa shape index (κ3) is 4.68. The summed E-state index contributed by atoms with van der Waals surface area (Å²) in [6.45, 7) is 3.81. The Morgan fingerprint density at radius 2 is 1.23 bits per heavy atom. The minimum atomic E-state index is -0.172. The standard InChI is InChI=1S/C29H23N3O3/c1-18-7-3-5-9-23(18)27(33)30-21-13-11-20(12-14-21)29-32-25-17-22(15-16-26(25)35-29)31-28(34)24-10-6-4-8-19(24)2/h3-17H,1-2H3,(H,30,33)(H,31,34). The molecule has 172 valence electrons. The summed E-state index contributed by atoms with van der Waals surface area (Å²) in [4.78, 5) is 29.8. The SMILES string of the molecule is Cc1ccccc1C(=O)Nc1ccc(-c2nc3cc(NC(=O)c4ccccc4C)ccc3o2)cc1. The van der Waals surface area contributed by atoms with E-state index in [-0.39, 0.29) is 11.8 Å². The molecule has 0 atom stereocenters. The number of anilines is 2. The Bertz CT molecular complexity index is 1550. The van der Waals surface area contributed by atoms with Gasteiger partial charge < -0.3 is 15.1 Å². The molecule has 0 bridgehead atoms. The van der Waals surface area contributed by atoms with Crippen LogP contribution in [0.25, 0.3) is 22.6 Å². The Balaban J connectivity index is 1.32. The number of carbonyl (C=O) groups is 2. The van der Waals surface area contributed by atoms with Gasteiger partial charge in [0.05, 0.1) is 0 Å². The average molecular weight is 462 g/mol. The molecule has 0 aliphatic rings. The summed E-state index contributed by atoms with van der Waals surface area (Å²) < 4.78 is 5.91. The van der Waals surface area contributed by atoms with Crippen LogP contribution in [0.3, 0.4) is 0 Å². The average Bonchev–Trinajstić information content (AvgIpc) is 3.28. The minimum absolute atomic E-state index is 0.155. The molecule has 35 heavy (non-hydrogen) atoms. The van der Waals surface area contributed by atoms with Gasteiger partial charge in [-0.25, -0.2) is 4.98 Å². The summed E-state index contributed by atoms with van der Waals surface area (Å²) in [6, 6.07) is 27.6. The molecule has 0 aliphatic heterocycles. The molecule has 4 aromatic carbocycles. The van der Waals surface area contributed by atoms with Crippen LogP contribution in [-0.2, 0) is 0 Å². The number of aromatic nitrogens is 1. The van der Waals surface area contributed by atoms with E-state index < -0.39 is 0 Å². The number of carbonyl (C=O) groups excluding carboxylic acids is 2. The van der Waals surface area contributed by atoms with Crippen LogP contribution >= 0.6 is 0 Å². The number of oxazole rings is 1. The van der Waals surface area contributed by atoms with E-state index in [0.717, 1.165) is 16.7 Å². The molecule has 0 unspecified atom stereocenters. The summed E-state index contributed by atoms with van der Waals surface area (Å²) in [7, 11) is 0. The van der Waals surface area contributed by atoms with E-state index in [4.69, 9.17) is 4.42 Å². The Morgan fingerprint density at radius 1 is 0.686 bits per heavy atom. The number of hydrogen-bond acceptors (Lipinski definition) is 4. The van der Waals surface area contributed by atoms with E-state index in [2.05, 4.69) is 15.6 Å². The number of aryl methyl sites for hydroxylation is 2. The van der Waals surface area contributed by atoms with E-state index >= 15 is 0 Å². The van der Waals surface area contributed by atoms with Crippen LogP contribution in [0.2, 0.25) is 0 Å². The van der Waals surface area contributed by atoms with Crippen LogP contribution in [-0.4, -0.2) is 16.8 Å². The number of benzene rings is 4. The van der Waals surface area contributed by atoms with E-state index in [1.165, 1.54) is 0 Å². The van der Waals surface area contributed by atoms with Crippen molar-refractivity contribution in [2.45, 2.75) is 13.8 Å². The van der Waals surface area contributed by atoms with E-state index in [1.54, 1.807) is 30.3 Å². The lowest BCUT2D eigenvalue weighted by molar-refractivity contribution is 0.101. The molecule has 5 rings (SSSR count). The number of rotatable bonds is 5. The monoisotopic (exact) mass is 461 g/mol. The second kappa shape index (κ2) is 9.27. The van der Waals surface area contributed by atoms with Gasteiger partial charge in [-0.3, -0.25) is 9.59 Å². The molecule has 1 aromatic heterocycles. The predicted molar refractivity (Wildman–Crippen MR) is 138 cm³/mol. The summed E-state index contributed by atoms with van der Waals surface area (Å²) in [5, 5.41) is 5.84. The Hall–Kier alpha value is -4.71. The van der Waals surface area contributed by atoms with Gasteiger partial charge >= 0.3 is 0 Å². The number of fused-ring (bicyclic) bond motifs is 1. The van der Waals surface area contributed by atoms with Gasteiger partial charge in [0.2, 0.25) is 5.89 Å². The fourth-order valence-electron chi connectivity index (χ4n) is 3.88. The molecule has 0 fully saturated rings. The highest BCUT2D eigenvalue weighted by atomic mass is 16.3. The molecule has 0 radical (unpaired) electrons. The lowest BCUT2D eigenvalue weighted by atomic mass is 10.1. The predicted octanol–water partition coefficient (Wildman–Crippen LogP) is 6.62. The molecule has 0 saturated heterocycles. The molecular formula is C29H23N3O3. The topological polar surface area (TPSA) is 84.2 Å². The Kier molecular flexibility index (Phi) is 5.85. The Morgan fingerprint density at radius 3 is 1.83 bits per heavy atom. The first-order chi connectivity index (χ1) is 17.0. The molecule has 2 N–H and O–H groups in total. The highest BCUT2D eigenvalue weighted by Gasteiger charge is 2.13. The van der Waals surface area contributed by atoms with Crippen molar-refractivity contribution in [2.75, 3.05) is 10.6 Å². The number of nitrogens with zero attached hydrogens (tertiary/aromatic N) is 1. The maximum absolute atomic E-state index is 12.6. The highest BCUT2D eigenvalue weighted by Crippen LogP contribution is 2.27.